The number of rotatable bonds is 5. The molecule has 0 saturated heterocycles. The molecule has 2 aromatic carbocycles. The van der Waals surface area contributed by atoms with Gasteiger partial charge < -0.3 is 4.74 Å². The van der Waals surface area contributed by atoms with Gasteiger partial charge in [-0.3, -0.25) is 15.6 Å². The summed E-state index contributed by atoms with van der Waals surface area (Å²) in [5, 5.41) is 5.11. The molecule has 8 nitrogen and oxygen atoms in total. The second-order valence-corrected chi connectivity index (χ2v) is 6.16. The van der Waals surface area contributed by atoms with Crippen LogP contribution in [-0.4, -0.2) is 32.8 Å². The Morgan fingerprint density at radius 1 is 1.11 bits per heavy atom. The predicted molar refractivity (Wildman–Crippen MR) is 105 cm³/mol. The number of carbonyl (C=O) groups excluding carboxylic acids is 1. The minimum Gasteiger partial charge on any atom is -0.497 e. The normalized spacial score (nSPS) is 10.6. The number of fused-ring (bicyclic) bond motifs is 1. The first-order chi connectivity index (χ1) is 13.7. The number of aromatic nitrogens is 4. The Labute approximate surface area is 161 Å². The maximum Gasteiger partial charge on any atom is 0.269 e. The van der Waals surface area contributed by atoms with Crippen LogP contribution in [0.4, 0.5) is 5.82 Å². The number of hydrazine groups is 1. The van der Waals surface area contributed by atoms with E-state index in [0.717, 1.165) is 11.3 Å². The fraction of sp³-hybridized carbons (Fsp3) is 0.100. The lowest BCUT2D eigenvalue weighted by atomic mass is 10.2. The van der Waals surface area contributed by atoms with E-state index >= 15 is 0 Å². The summed E-state index contributed by atoms with van der Waals surface area (Å²) in [6.07, 6.45) is 3.09. The first-order valence-electron chi connectivity index (χ1n) is 8.62. The molecule has 140 valence electrons. The highest BCUT2D eigenvalue weighted by molar-refractivity contribution is 5.96. The topological polar surface area (TPSA) is 94.0 Å². The quantitative estimate of drug-likeness (QED) is 0.522. The lowest BCUT2D eigenvalue weighted by Gasteiger charge is -2.09. The molecule has 28 heavy (non-hydrogen) atoms. The number of aryl methyl sites for hydroxylation is 1. The number of carbonyl (C=O) groups is 1. The third-order valence-electron chi connectivity index (χ3n) is 4.26. The van der Waals surface area contributed by atoms with Crippen LogP contribution in [0.25, 0.3) is 16.7 Å². The highest BCUT2D eigenvalue weighted by Gasteiger charge is 2.12. The number of amides is 1. The average Bonchev–Trinajstić information content (AvgIpc) is 3.17. The largest absolute Gasteiger partial charge is 0.497 e. The maximum atomic E-state index is 12.3. The Kier molecular flexibility index (Phi) is 4.59. The first kappa shape index (κ1) is 17.5. The first-order valence-corrected chi connectivity index (χ1v) is 8.62. The van der Waals surface area contributed by atoms with Crippen molar-refractivity contribution in [2.75, 3.05) is 12.5 Å². The summed E-state index contributed by atoms with van der Waals surface area (Å²) in [5.41, 5.74) is 8.67. The van der Waals surface area contributed by atoms with Crippen LogP contribution in [0.3, 0.4) is 0 Å². The molecule has 2 aromatic heterocycles. The predicted octanol–water partition coefficient (Wildman–Crippen LogP) is 2.89. The minimum absolute atomic E-state index is 0.291. The second-order valence-electron chi connectivity index (χ2n) is 6.16. The Hall–Kier alpha value is -3.94. The van der Waals surface area contributed by atoms with Crippen molar-refractivity contribution in [2.24, 2.45) is 0 Å². The third-order valence-corrected chi connectivity index (χ3v) is 4.26. The lowest BCUT2D eigenvalue weighted by Crippen LogP contribution is -2.29. The Morgan fingerprint density at radius 3 is 2.68 bits per heavy atom. The number of hydrogen-bond donors (Lipinski definition) is 2. The molecule has 0 fully saturated rings. The fourth-order valence-electron chi connectivity index (χ4n) is 2.82. The Balaban J connectivity index is 1.57. The smallest absolute Gasteiger partial charge is 0.269 e. The molecule has 0 radical (unpaired) electrons. The minimum atomic E-state index is -0.291. The van der Waals surface area contributed by atoms with E-state index in [1.165, 1.54) is 6.33 Å². The van der Waals surface area contributed by atoms with Crippen molar-refractivity contribution in [1.82, 2.24) is 25.2 Å². The van der Waals surface area contributed by atoms with E-state index < -0.39 is 0 Å². The number of nitrogens with one attached hydrogen (secondary N) is 2. The SMILES string of the molecule is COc1ccc(C(=O)NNc2ncnc3c2cnn3-c2cccc(C)c2)cc1. The van der Waals surface area contributed by atoms with Crippen molar-refractivity contribution < 1.29 is 9.53 Å². The summed E-state index contributed by atoms with van der Waals surface area (Å²) in [5.74, 6) is 0.858. The van der Waals surface area contributed by atoms with Crippen molar-refractivity contribution in [2.45, 2.75) is 6.92 Å². The van der Waals surface area contributed by atoms with Crippen molar-refractivity contribution in [1.29, 1.82) is 0 Å². The van der Waals surface area contributed by atoms with Crippen LogP contribution in [0.15, 0.2) is 61.1 Å². The van der Waals surface area contributed by atoms with Crippen LogP contribution in [0, 0.1) is 6.92 Å². The van der Waals surface area contributed by atoms with Gasteiger partial charge in [-0.15, -0.1) is 0 Å². The molecule has 1 amide bonds. The molecule has 8 heteroatoms. The summed E-state index contributed by atoms with van der Waals surface area (Å²) < 4.78 is 6.84. The van der Waals surface area contributed by atoms with E-state index in [-0.39, 0.29) is 5.91 Å². The zero-order valence-corrected chi connectivity index (χ0v) is 15.4. The molecule has 0 bridgehead atoms. The van der Waals surface area contributed by atoms with Crippen molar-refractivity contribution >= 4 is 22.8 Å². The average molecular weight is 374 g/mol. The molecule has 0 spiro atoms. The van der Waals surface area contributed by atoms with E-state index in [9.17, 15) is 4.79 Å². The van der Waals surface area contributed by atoms with E-state index in [2.05, 4.69) is 25.9 Å². The molecule has 0 atom stereocenters. The van der Waals surface area contributed by atoms with Crippen LogP contribution in [0.2, 0.25) is 0 Å². The Bertz CT molecular complexity index is 1140. The van der Waals surface area contributed by atoms with Gasteiger partial charge in [-0.2, -0.15) is 5.10 Å². The van der Waals surface area contributed by atoms with Crippen LogP contribution >= 0.6 is 0 Å². The zero-order chi connectivity index (χ0) is 19.5. The highest BCUT2D eigenvalue weighted by Crippen LogP contribution is 2.21. The van der Waals surface area contributed by atoms with E-state index in [1.807, 2.05) is 31.2 Å². The van der Waals surface area contributed by atoms with Gasteiger partial charge in [0.1, 0.15) is 12.1 Å². The molecule has 0 saturated carbocycles. The third kappa shape index (κ3) is 3.35. The molecule has 2 N–H and O–H groups in total. The number of hydrogen-bond acceptors (Lipinski definition) is 6. The van der Waals surface area contributed by atoms with Gasteiger partial charge in [0.15, 0.2) is 11.5 Å². The van der Waals surface area contributed by atoms with Crippen LogP contribution < -0.4 is 15.6 Å². The van der Waals surface area contributed by atoms with Gasteiger partial charge in [0.2, 0.25) is 0 Å². The van der Waals surface area contributed by atoms with Gasteiger partial charge in [-0.25, -0.2) is 14.6 Å². The Morgan fingerprint density at radius 2 is 1.93 bits per heavy atom. The lowest BCUT2D eigenvalue weighted by molar-refractivity contribution is 0.0962. The molecular formula is C20H18N6O2. The molecule has 0 aliphatic rings. The summed E-state index contributed by atoms with van der Waals surface area (Å²) in [6, 6.07) is 14.8. The monoisotopic (exact) mass is 374 g/mol. The molecule has 0 unspecified atom stereocenters. The highest BCUT2D eigenvalue weighted by atomic mass is 16.5. The zero-order valence-electron chi connectivity index (χ0n) is 15.4. The summed E-state index contributed by atoms with van der Waals surface area (Å²) in [7, 11) is 1.58. The molecule has 2 heterocycles. The van der Waals surface area contributed by atoms with Gasteiger partial charge in [0, 0.05) is 5.56 Å². The van der Waals surface area contributed by atoms with Crippen LogP contribution in [0.5, 0.6) is 5.75 Å². The van der Waals surface area contributed by atoms with Gasteiger partial charge in [-0.1, -0.05) is 12.1 Å². The number of ether oxygens (including phenoxy) is 1. The number of methoxy groups -OCH3 is 1. The van der Waals surface area contributed by atoms with E-state index in [1.54, 1.807) is 42.3 Å². The van der Waals surface area contributed by atoms with Gasteiger partial charge in [-0.05, 0) is 48.9 Å². The molecule has 0 aliphatic carbocycles. The summed E-state index contributed by atoms with van der Waals surface area (Å²) in [6.45, 7) is 2.02. The standard InChI is InChI=1S/C20H18N6O2/c1-13-4-3-5-15(10-13)26-19-17(11-23-26)18(21-12-22-19)24-25-20(27)14-6-8-16(28-2)9-7-14/h3-12H,1-2H3,(H,25,27)(H,21,22,24). The fourth-order valence-corrected chi connectivity index (χ4v) is 2.82. The van der Waals surface area contributed by atoms with E-state index in [4.69, 9.17) is 4.74 Å². The van der Waals surface area contributed by atoms with E-state index in [0.29, 0.717) is 28.2 Å². The molecular weight excluding hydrogens is 356 g/mol. The number of anilines is 1. The number of nitrogens with zero attached hydrogens (tertiary/aromatic N) is 4. The van der Waals surface area contributed by atoms with Crippen molar-refractivity contribution in [3.8, 4) is 11.4 Å². The van der Waals surface area contributed by atoms with Gasteiger partial charge >= 0.3 is 0 Å². The van der Waals surface area contributed by atoms with Gasteiger partial charge in [0.25, 0.3) is 5.91 Å². The maximum absolute atomic E-state index is 12.3. The number of benzene rings is 2. The van der Waals surface area contributed by atoms with Crippen LogP contribution in [-0.2, 0) is 0 Å². The van der Waals surface area contributed by atoms with Crippen molar-refractivity contribution in [3.05, 3.63) is 72.2 Å². The summed E-state index contributed by atoms with van der Waals surface area (Å²) in [4.78, 5) is 20.9. The second kappa shape index (κ2) is 7.36. The molecule has 4 aromatic rings. The molecule has 0 aliphatic heterocycles. The van der Waals surface area contributed by atoms with Crippen molar-refractivity contribution in [3.63, 3.8) is 0 Å². The molecule has 4 rings (SSSR count). The van der Waals surface area contributed by atoms with Crippen LogP contribution in [0.1, 0.15) is 15.9 Å². The summed E-state index contributed by atoms with van der Waals surface area (Å²) >= 11 is 0. The van der Waals surface area contributed by atoms with Gasteiger partial charge in [0.05, 0.1) is 24.4 Å².